The normalized spacial score (nSPS) is 26.0. The number of carbonyl (C=O) groups excluding carboxylic acids is 3. The number of carbonyl (C=O) groups is 3. The van der Waals surface area contributed by atoms with E-state index in [0.717, 1.165) is 5.56 Å². The van der Waals surface area contributed by atoms with E-state index >= 15 is 0 Å². The minimum absolute atomic E-state index is 0.0491. The molecule has 3 aliphatic heterocycles. The fraction of sp³-hybridized carbons (Fsp3) is 0.438. The second-order valence-corrected chi connectivity index (χ2v) is 6.28. The highest BCUT2D eigenvalue weighted by atomic mass is 16.5. The summed E-state index contributed by atoms with van der Waals surface area (Å²) in [6, 6.07) is 4.95. The zero-order valence-corrected chi connectivity index (χ0v) is 12.2. The first kappa shape index (κ1) is 13.5. The Kier molecular flexibility index (Phi) is 2.69. The second kappa shape index (κ2) is 4.39. The number of rotatable bonds is 1. The molecule has 1 spiro atoms. The number of fused-ring (bicyclic) bond motifs is 1. The monoisotopic (exact) mass is 300 g/mol. The lowest BCUT2D eigenvalue weighted by molar-refractivity contribution is -0.148. The molecule has 0 bridgehead atoms. The van der Waals surface area contributed by atoms with Crippen molar-refractivity contribution in [3.05, 3.63) is 34.9 Å². The molecule has 1 atom stereocenters. The lowest BCUT2D eigenvalue weighted by Crippen LogP contribution is -2.75. The standard InChI is InChI=1S/C16H16N2O4/c1-9-2-3-10-11(6-9)15(21)18(14(10)20)12-4-5-13(19)17-16(12)7-22-8-16/h2-3,6,12H,4-5,7-8H2,1H3,(H,17,19). The highest BCUT2D eigenvalue weighted by Gasteiger charge is 2.55. The Morgan fingerprint density at radius 1 is 1.18 bits per heavy atom. The maximum atomic E-state index is 12.7. The fourth-order valence-corrected chi connectivity index (χ4v) is 3.59. The van der Waals surface area contributed by atoms with Gasteiger partial charge in [0.1, 0.15) is 5.54 Å². The first-order chi connectivity index (χ1) is 10.5. The van der Waals surface area contributed by atoms with Crippen LogP contribution in [-0.2, 0) is 9.53 Å². The number of hydrogen-bond donors (Lipinski definition) is 1. The molecule has 0 saturated carbocycles. The lowest BCUT2D eigenvalue weighted by Gasteiger charge is -2.52. The highest BCUT2D eigenvalue weighted by molar-refractivity contribution is 6.21. The van der Waals surface area contributed by atoms with Gasteiger partial charge in [-0.15, -0.1) is 0 Å². The van der Waals surface area contributed by atoms with Gasteiger partial charge in [0.15, 0.2) is 0 Å². The molecule has 4 rings (SSSR count). The molecule has 0 aromatic heterocycles. The number of imide groups is 1. The minimum Gasteiger partial charge on any atom is -0.376 e. The summed E-state index contributed by atoms with van der Waals surface area (Å²) in [6.45, 7) is 2.58. The predicted molar refractivity (Wildman–Crippen MR) is 76.4 cm³/mol. The number of hydrogen-bond acceptors (Lipinski definition) is 4. The first-order valence-corrected chi connectivity index (χ1v) is 7.39. The molecule has 3 aliphatic rings. The Balaban J connectivity index is 1.73. The molecule has 0 radical (unpaired) electrons. The van der Waals surface area contributed by atoms with E-state index in [4.69, 9.17) is 4.74 Å². The summed E-state index contributed by atoms with van der Waals surface area (Å²) in [5, 5.41) is 2.93. The Hall–Kier alpha value is -2.21. The molecule has 114 valence electrons. The van der Waals surface area contributed by atoms with Crippen LogP contribution in [0.2, 0.25) is 0 Å². The Morgan fingerprint density at radius 2 is 1.91 bits per heavy atom. The molecule has 1 N–H and O–H groups in total. The second-order valence-electron chi connectivity index (χ2n) is 6.28. The van der Waals surface area contributed by atoms with Gasteiger partial charge < -0.3 is 10.1 Å². The molecule has 1 aromatic carbocycles. The van der Waals surface area contributed by atoms with Crippen LogP contribution in [0, 0.1) is 6.92 Å². The van der Waals surface area contributed by atoms with Crippen molar-refractivity contribution in [2.24, 2.45) is 0 Å². The summed E-state index contributed by atoms with van der Waals surface area (Å²) >= 11 is 0. The zero-order chi connectivity index (χ0) is 15.5. The number of benzene rings is 1. The van der Waals surface area contributed by atoms with Crippen molar-refractivity contribution >= 4 is 17.7 Å². The van der Waals surface area contributed by atoms with E-state index in [1.54, 1.807) is 12.1 Å². The Bertz CT molecular complexity index is 708. The number of piperidine rings is 1. The van der Waals surface area contributed by atoms with Crippen LogP contribution in [0.3, 0.4) is 0 Å². The van der Waals surface area contributed by atoms with Crippen molar-refractivity contribution in [3.63, 3.8) is 0 Å². The van der Waals surface area contributed by atoms with Crippen molar-refractivity contribution < 1.29 is 19.1 Å². The van der Waals surface area contributed by atoms with Crippen LogP contribution in [0.25, 0.3) is 0 Å². The Morgan fingerprint density at radius 3 is 2.59 bits per heavy atom. The molecule has 2 fully saturated rings. The van der Waals surface area contributed by atoms with Gasteiger partial charge in [0, 0.05) is 6.42 Å². The molecule has 6 heteroatoms. The van der Waals surface area contributed by atoms with Gasteiger partial charge in [-0.25, -0.2) is 0 Å². The first-order valence-electron chi connectivity index (χ1n) is 7.39. The number of nitrogens with zero attached hydrogens (tertiary/aromatic N) is 1. The van der Waals surface area contributed by atoms with E-state index < -0.39 is 5.54 Å². The summed E-state index contributed by atoms with van der Waals surface area (Å²) < 4.78 is 5.26. The largest absolute Gasteiger partial charge is 0.376 e. The van der Waals surface area contributed by atoms with Crippen LogP contribution in [0.1, 0.15) is 39.1 Å². The van der Waals surface area contributed by atoms with E-state index in [-0.39, 0.29) is 23.8 Å². The lowest BCUT2D eigenvalue weighted by atomic mass is 9.80. The molecule has 22 heavy (non-hydrogen) atoms. The number of amides is 3. The van der Waals surface area contributed by atoms with Crippen molar-refractivity contribution in [1.29, 1.82) is 0 Å². The molecule has 3 heterocycles. The van der Waals surface area contributed by atoms with Crippen molar-refractivity contribution in [3.8, 4) is 0 Å². The van der Waals surface area contributed by atoms with Gasteiger partial charge in [-0.1, -0.05) is 11.6 Å². The maximum Gasteiger partial charge on any atom is 0.261 e. The van der Waals surface area contributed by atoms with Crippen LogP contribution >= 0.6 is 0 Å². The van der Waals surface area contributed by atoms with E-state index in [1.165, 1.54) is 4.90 Å². The summed E-state index contributed by atoms with van der Waals surface area (Å²) in [7, 11) is 0. The van der Waals surface area contributed by atoms with Gasteiger partial charge in [0.25, 0.3) is 11.8 Å². The molecular formula is C16H16N2O4. The summed E-state index contributed by atoms with van der Waals surface area (Å²) in [5.74, 6) is -0.587. The third-order valence-electron chi connectivity index (χ3n) is 4.78. The maximum absolute atomic E-state index is 12.7. The van der Waals surface area contributed by atoms with Crippen LogP contribution in [0.4, 0.5) is 0 Å². The average Bonchev–Trinajstić information content (AvgIpc) is 2.69. The number of ether oxygens (including phenoxy) is 1. The fourth-order valence-electron chi connectivity index (χ4n) is 3.59. The topological polar surface area (TPSA) is 75.7 Å². The van der Waals surface area contributed by atoms with Crippen molar-refractivity contribution in [2.75, 3.05) is 13.2 Å². The molecule has 1 unspecified atom stereocenters. The van der Waals surface area contributed by atoms with Gasteiger partial charge >= 0.3 is 0 Å². The minimum atomic E-state index is -0.613. The molecule has 0 aliphatic carbocycles. The highest BCUT2D eigenvalue weighted by Crippen LogP contribution is 2.36. The van der Waals surface area contributed by atoms with Gasteiger partial charge in [-0.3, -0.25) is 19.3 Å². The summed E-state index contributed by atoms with van der Waals surface area (Å²) in [6.07, 6.45) is 0.804. The van der Waals surface area contributed by atoms with Gasteiger partial charge in [-0.2, -0.15) is 0 Å². The van der Waals surface area contributed by atoms with Crippen molar-refractivity contribution in [2.45, 2.75) is 31.3 Å². The third-order valence-corrected chi connectivity index (χ3v) is 4.78. The average molecular weight is 300 g/mol. The molecule has 6 nitrogen and oxygen atoms in total. The summed E-state index contributed by atoms with van der Waals surface area (Å²) in [5.41, 5.74) is 1.23. The molecular weight excluding hydrogens is 284 g/mol. The number of aryl methyl sites for hydroxylation is 1. The van der Waals surface area contributed by atoms with E-state index in [0.29, 0.717) is 37.2 Å². The van der Waals surface area contributed by atoms with Gasteiger partial charge in [-0.05, 0) is 25.5 Å². The van der Waals surface area contributed by atoms with Crippen LogP contribution in [0.5, 0.6) is 0 Å². The van der Waals surface area contributed by atoms with Gasteiger partial charge in [0.2, 0.25) is 5.91 Å². The summed E-state index contributed by atoms with van der Waals surface area (Å²) in [4.78, 5) is 38.4. The smallest absolute Gasteiger partial charge is 0.261 e. The molecule has 2 saturated heterocycles. The molecule has 1 aromatic rings. The van der Waals surface area contributed by atoms with Crippen LogP contribution in [-0.4, -0.2) is 47.4 Å². The van der Waals surface area contributed by atoms with E-state index in [2.05, 4.69) is 5.32 Å². The van der Waals surface area contributed by atoms with Crippen LogP contribution in [0.15, 0.2) is 18.2 Å². The van der Waals surface area contributed by atoms with Crippen LogP contribution < -0.4 is 5.32 Å². The van der Waals surface area contributed by atoms with E-state index in [9.17, 15) is 14.4 Å². The predicted octanol–water partition coefficient (Wildman–Crippen LogP) is 0.639. The Labute approximate surface area is 127 Å². The molecule has 3 amide bonds. The SMILES string of the molecule is Cc1ccc2c(c1)C(=O)N(C1CCC(=O)NC13COC3)C2=O. The third kappa shape index (κ3) is 1.67. The van der Waals surface area contributed by atoms with Gasteiger partial charge in [0.05, 0.1) is 30.4 Å². The quantitative estimate of drug-likeness (QED) is 0.772. The number of nitrogens with one attached hydrogen (secondary N) is 1. The van der Waals surface area contributed by atoms with E-state index in [1.807, 2.05) is 13.0 Å². The zero-order valence-electron chi connectivity index (χ0n) is 12.2. The van der Waals surface area contributed by atoms with Crippen molar-refractivity contribution in [1.82, 2.24) is 10.2 Å².